The predicted molar refractivity (Wildman–Crippen MR) is 130 cm³/mol. The molecule has 0 spiro atoms. The van der Waals surface area contributed by atoms with Crippen molar-refractivity contribution in [2.45, 2.75) is 32.9 Å². The highest BCUT2D eigenvalue weighted by atomic mass is 32.2. The van der Waals surface area contributed by atoms with Crippen LogP contribution >= 0.6 is 0 Å². The lowest BCUT2D eigenvalue weighted by atomic mass is 9.86. The van der Waals surface area contributed by atoms with Crippen LogP contribution in [-0.4, -0.2) is 42.4 Å². The van der Waals surface area contributed by atoms with Gasteiger partial charge in [0.2, 0.25) is 0 Å². The highest BCUT2D eigenvalue weighted by molar-refractivity contribution is 7.96. The topological polar surface area (TPSA) is 100 Å². The molecule has 0 saturated carbocycles. The second kappa shape index (κ2) is 8.26. The second-order valence-electron chi connectivity index (χ2n) is 9.48. The number of aromatic nitrogens is 3. The first kappa shape index (κ1) is 24.2. The monoisotopic (exact) mass is 519 g/mol. The van der Waals surface area contributed by atoms with Crippen molar-refractivity contribution in [3.8, 4) is 11.3 Å². The van der Waals surface area contributed by atoms with Gasteiger partial charge in [0.15, 0.2) is 5.82 Å². The average Bonchev–Trinajstić information content (AvgIpc) is 3.04. The lowest BCUT2D eigenvalue weighted by Gasteiger charge is -2.27. The van der Waals surface area contributed by atoms with Gasteiger partial charge >= 0.3 is 6.18 Å². The van der Waals surface area contributed by atoms with E-state index >= 15 is 0 Å². The third-order valence-corrected chi connectivity index (χ3v) is 8.25. The predicted octanol–water partition coefficient (Wildman–Crippen LogP) is 3.69. The van der Waals surface area contributed by atoms with E-state index in [0.29, 0.717) is 12.0 Å². The maximum absolute atomic E-state index is 13.6. The number of sulfonamides is 1. The van der Waals surface area contributed by atoms with Gasteiger partial charge in [0.25, 0.3) is 15.6 Å². The Bertz CT molecular complexity index is 1520. The molecule has 12 heteroatoms. The molecule has 190 valence electrons. The smallest absolute Gasteiger partial charge is 0.366 e. The van der Waals surface area contributed by atoms with Crippen LogP contribution in [0.3, 0.4) is 0 Å². The molecule has 0 unspecified atom stereocenters. The molecule has 2 aliphatic heterocycles. The molecule has 0 radical (unpaired) electrons. The molecule has 3 aliphatic rings. The fraction of sp³-hybridized carbons (Fsp3) is 0.333. The molecule has 5 rings (SSSR count). The largest absolute Gasteiger partial charge is 0.419 e. The number of fused-ring (bicyclic) bond motifs is 3. The third-order valence-electron chi connectivity index (χ3n) is 6.42. The molecule has 0 amide bonds. The maximum Gasteiger partial charge on any atom is 0.419 e. The number of aromatic amines is 1. The Kier molecular flexibility index (Phi) is 5.54. The minimum atomic E-state index is -4.68. The maximum atomic E-state index is 13.6. The quantitative estimate of drug-likeness (QED) is 0.645. The summed E-state index contributed by atoms with van der Waals surface area (Å²) in [5, 5.41) is 5.42. The highest BCUT2D eigenvalue weighted by Crippen LogP contribution is 2.38. The number of hydrogen-bond acceptors (Lipinski definition) is 5. The summed E-state index contributed by atoms with van der Waals surface area (Å²) < 4.78 is 70.1. The van der Waals surface area contributed by atoms with Crippen molar-refractivity contribution in [1.29, 1.82) is 0 Å². The molecule has 0 aromatic carbocycles. The van der Waals surface area contributed by atoms with Crippen molar-refractivity contribution >= 4 is 21.7 Å². The number of halogens is 3. The Hall–Kier alpha value is -3.54. The van der Waals surface area contributed by atoms with Crippen molar-refractivity contribution < 1.29 is 21.6 Å². The normalized spacial score (nSPS) is 19.4. The molecule has 2 N–H and O–H groups in total. The lowest BCUT2D eigenvalue weighted by molar-refractivity contribution is -0.0883. The van der Waals surface area contributed by atoms with Crippen molar-refractivity contribution in [2.75, 3.05) is 17.4 Å². The summed E-state index contributed by atoms with van der Waals surface area (Å²) in [6.07, 6.45) is 4.63. The molecule has 1 aliphatic carbocycles. The van der Waals surface area contributed by atoms with E-state index in [1.165, 1.54) is 12.3 Å². The molecule has 4 heterocycles. The minimum Gasteiger partial charge on any atom is -0.366 e. The number of nitrogens with one attached hydrogen (secondary N) is 2. The average molecular weight is 520 g/mol. The first-order valence-electron chi connectivity index (χ1n) is 11.3. The van der Waals surface area contributed by atoms with E-state index < -0.39 is 33.2 Å². The van der Waals surface area contributed by atoms with Gasteiger partial charge in [-0.2, -0.15) is 13.2 Å². The lowest BCUT2D eigenvalue weighted by Crippen LogP contribution is -2.36. The van der Waals surface area contributed by atoms with Gasteiger partial charge < -0.3 is 5.32 Å². The van der Waals surface area contributed by atoms with E-state index in [-0.39, 0.29) is 46.9 Å². The van der Waals surface area contributed by atoms with Crippen LogP contribution in [-0.2, 0) is 16.4 Å². The van der Waals surface area contributed by atoms with Gasteiger partial charge in [0.1, 0.15) is 5.82 Å². The van der Waals surface area contributed by atoms with E-state index in [4.69, 9.17) is 0 Å². The Balaban J connectivity index is 1.63. The summed E-state index contributed by atoms with van der Waals surface area (Å²) in [4.78, 5) is 17.8. The summed E-state index contributed by atoms with van der Waals surface area (Å²) in [6, 6.07) is 3.18. The van der Waals surface area contributed by atoms with Gasteiger partial charge in [0.05, 0.1) is 16.2 Å². The van der Waals surface area contributed by atoms with Crippen LogP contribution in [0.25, 0.3) is 17.1 Å². The van der Waals surface area contributed by atoms with Crippen LogP contribution in [0.4, 0.5) is 19.0 Å². The van der Waals surface area contributed by atoms with Crippen molar-refractivity contribution in [3.63, 3.8) is 0 Å². The molecule has 0 fully saturated rings. The van der Waals surface area contributed by atoms with Gasteiger partial charge in [-0.15, -0.1) is 0 Å². The fourth-order valence-electron chi connectivity index (χ4n) is 4.49. The molecule has 0 bridgehead atoms. The Morgan fingerprint density at radius 2 is 1.97 bits per heavy atom. The van der Waals surface area contributed by atoms with Crippen molar-refractivity contribution in [1.82, 2.24) is 20.1 Å². The van der Waals surface area contributed by atoms with E-state index in [1.807, 2.05) is 19.9 Å². The van der Waals surface area contributed by atoms with E-state index in [2.05, 4.69) is 15.4 Å². The zero-order valence-corrected chi connectivity index (χ0v) is 20.4. The number of alkyl halides is 3. The molecule has 2 aromatic rings. The number of H-pyrrole nitrogens is 1. The van der Waals surface area contributed by atoms with Crippen LogP contribution in [0.5, 0.6) is 0 Å². The zero-order valence-electron chi connectivity index (χ0n) is 19.6. The molecule has 36 heavy (non-hydrogen) atoms. The van der Waals surface area contributed by atoms with Crippen molar-refractivity contribution in [2.24, 2.45) is 5.41 Å². The van der Waals surface area contributed by atoms with Crippen LogP contribution in [0.15, 0.2) is 64.0 Å². The number of allylic oxidation sites excluding steroid dienone is 5. The first-order valence-corrected chi connectivity index (χ1v) is 12.8. The van der Waals surface area contributed by atoms with Crippen molar-refractivity contribution in [3.05, 3.63) is 75.1 Å². The van der Waals surface area contributed by atoms with Crippen LogP contribution in [0, 0.1) is 5.41 Å². The fourth-order valence-corrected chi connectivity index (χ4v) is 5.98. The Labute approximate surface area is 205 Å². The summed E-state index contributed by atoms with van der Waals surface area (Å²) in [5.41, 5.74) is -1.10. The van der Waals surface area contributed by atoms with E-state index in [9.17, 15) is 26.4 Å². The minimum absolute atomic E-state index is 0.0137. The summed E-state index contributed by atoms with van der Waals surface area (Å²) in [5.74, 6) is -0.302. The number of rotatable bonds is 3. The molecule has 0 saturated heterocycles. The van der Waals surface area contributed by atoms with Crippen LogP contribution in [0.1, 0.15) is 25.8 Å². The third kappa shape index (κ3) is 3.98. The molecule has 2 aromatic heterocycles. The summed E-state index contributed by atoms with van der Waals surface area (Å²) >= 11 is 0. The first-order chi connectivity index (χ1) is 16.9. The van der Waals surface area contributed by atoms with Gasteiger partial charge in [-0.1, -0.05) is 32.1 Å². The van der Waals surface area contributed by atoms with Crippen LogP contribution in [0.2, 0.25) is 0 Å². The zero-order chi connectivity index (χ0) is 25.9. The summed E-state index contributed by atoms with van der Waals surface area (Å²) in [7, 11) is -4.00. The molecule has 8 nitrogen and oxygen atoms in total. The molecular weight excluding hydrogens is 495 g/mol. The number of hydrogen-bond donors (Lipinski definition) is 2. The summed E-state index contributed by atoms with van der Waals surface area (Å²) in [6.45, 7) is 4.02. The molecular formula is C24H24F3N5O3S. The highest BCUT2D eigenvalue weighted by Gasteiger charge is 2.39. The van der Waals surface area contributed by atoms with E-state index in [0.717, 1.165) is 15.1 Å². The number of dihydropyridines is 1. The number of pyridine rings is 1. The Morgan fingerprint density at radius 3 is 2.67 bits per heavy atom. The molecule has 0 atom stereocenters. The van der Waals surface area contributed by atoms with Gasteiger partial charge in [-0.25, -0.2) is 22.4 Å². The van der Waals surface area contributed by atoms with E-state index in [1.54, 1.807) is 24.3 Å². The second-order valence-corrected chi connectivity index (χ2v) is 11.3. The standard InChI is InChI=1S/C24H24F3N5O3S/c1-23(2)10-7-15(8-11-23)36(34,35)31-14-9-17-19(16-5-3-12-28-20(16)31)30-32(22(17)33)21-18(24(25,26)27)6-4-13-29-21/h3-8,10,12,29-30H,9,11,13-14H2,1-2H3. The van der Waals surface area contributed by atoms with Gasteiger partial charge in [0, 0.05) is 30.4 Å². The Morgan fingerprint density at radius 1 is 1.19 bits per heavy atom. The number of nitrogens with zero attached hydrogens (tertiary/aromatic N) is 3. The van der Waals surface area contributed by atoms with Crippen LogP contribution < -0.4 is 15.2 Å². The number of anilines is 1. The van der Waals surface area contributed by atoms with Gasteiger partial charge in [-0.05, 0) is 42.5 Å². The SMILES string of the molecule is CC1(C)C=CC(S(=O)(=O)N2CCc3c([nH]n(C4=C(C(F)(F)F)C=CCN4)c3=O)-c3cccnc32)=CC1. The van der Waals surface area contributed by atoms with Gasteiger partial charge in [-0.3, -0.25) is 9.89 Å².